The first-order valence-electron chi connectivity index (χ1n) is 7.10. The van der Waals surface area contributed by atoms with E-state index in [2.05, 4.69) is 15.0 Å². The Balaban J connectivity index is 1.64. The van der Waals surface area contributed by atoms with Crippen molar-refractivity contribution in [2.75, 3.05) is 13.6 Å². The smallest absolute Gasteiger partial charge is 0.226 e. The molecule has 0 unspecified atom stereocenters. The molecular weight excluding hydrogens is 300 g/mol. The predicted octanol–water partition coefficient (Wildman–Crippen LogP) is 2.79. The Labute approximate surface area is 133 Å². The zero-order valence-corrected chi connectivity index (χ0v) is 13.0. The van der Waals surface area contributed by atoms with Gasteiger partial charge in [-0.3, -0.25) is 4.79 Å². The van der Waals surface area contributed by atoms with E-state index in [1.807, 2.05) is 31.4 Å². The molecule has 3 aromatic rings. The van der Waals surface area contributed by atoms with Crippen LogP contribution in [-0.2, 0) is 17.6 Å². The lowest BCUT2D eigenvalue weighted by Gasteiger charge is -2.16. The average Bonchev–Trinajstić information content (AvgIpc) is 3.14. The van der Waals surface area contributed by atoms with Crippen LogP contribution in [0, 0.1) is 0 Å². The van der Waals surface area contributed by atoms with Crippen molar-refractivity contribution in [3.05, 3.63) is 53.2 Å². The minimum atomic E-state index is 0.0929. The molecule has 3 rings (SSSR count). The number of nitrogens with zero attached hydrogens (tertiary/aromatic N) is 2. The third kappa shape index (κ3) is 3.14. The molecule has 0 fully saturated rings. The number of carbonyl (C=O) groups excluding carboxylic acids is 1. The van der Waals surface area contributed by atoms with Crippen LogP contribution in [0.15, 0.2) is 36.9 Å². The maximum absolute atomic E-state index is 12.3. The molecular formula is C16H17ClN4O. The normalized spacial score (nSPS) is 11.0. The lowest BCUT2D eigenvalue weighted by molar-refractivity contribution is -0.129. The second-order valence-electron chi connectivity index (χ2n) is 5.32. The molecule has 0 atom stereocenters. The summed E-state index contributed by atoms with van der Waals surface area (Å²) >= 11 is 5.97. The summed E-state index contributed by atoms with van der Waals surface area (Å²) in [6, 6.07) is 5.65. The van der Waals surface area contributed by atoms with Gasteiger partial charge in [0, 0.05) is 54.0 Å². The summed E-state index contributed by atoms with van der Waals surface area (Å²) in [4.78, 5) is 24.3. The fourth-order valence-electron chi connectivity index (χ4n) is 2.44. The van der Waals surface area contributed by atoms with Gasteiger partial charge in [0.05, 0.1) is 12.7 Å². The van der Waals surface area contributed by atoms with E-state index in [1.54, 1.807) is 17.4 Å². The number of hydrogen-bond donors (Lipinski definition) is 2. The monoisotopic (exact) mass is 316 g/mol. The summed E-state index contributed by atoms with van der Waals surface area (Å²) < 4.78 is 0. The fourth-order valence-corrected chi connectivity index (χ4v) is 2.61. The van der Waals surface area contributed by atoms with Crippen molar-refractivity contribution in [1.82, 2.24) is 19.9 Å². The molecule has 1 aromatic carbocycles. The maximum atomic E-state index is 12.3. The SMILES string of the molecule is CN(CCc1cnc[nH]1)C(=O)Cc1c[nH]c2cc(Cl)ccc12. The van der Waals surface area contributed by atoms with Gasteiger partial charge in [0.15, 0.2) is 0 Å². The second-order valence-corrected chi connectivity index (χ2v) is 5.76. The number of amides is 1. The van der Waals surface area contributed by atoms with Crippen molar-refractivity contribution in [3.8, 4) is 0 Å². The number of carbonyl (C=O) groups is 1. The topological polar surface area (TPSA) is 64.8 Å². The van der Waals surface area contributed by atoms with Crippen LogP contribution in [0.25, 0.3) is 10.9 Å². The van der Waals surface area contributed by atoms with Gasteiger partial charge >= 0.3 is 0 Å². The fraction of sp³-hybridized carbons (Fsp3) is 0.250. The molecule has 6 heteroatoms. The Kier molecular flexibility index (Phi) is 4.15. The van der Waals surface area contributed by atoms with Crippen molar-refractivity contribution >= 4 is 28.4 Å². The van der Waals surface area contributed by atoms with Gasteiger partial charge in [0.2, 0.25) is 5.91 Å². The van der Waals surface area contributed by atoms with Crippen LogP contribution in [-0.4, -0.2) is 39.4 Å². The number of halogens is 1. The summed E-state index contributed by atoms with van der Waals surface area (Å²) in [5.74, 6) is 0.0929. The van der Waals surface area contributed by atoms with E-state index in [4.69, 9.17) is 11.6 Å². The van der Waals surface area contributed by atoms with Crippen LogP contribution in [0.2, 0.25) is 5.02 Å². The predicted molar refractivity (Wildman–Crippen MR) is 86.9 cm³/mol. The number of H-pyrrole nitrogens is 2. The van der Waals surface area contributed by atoms with Crippen molar-refractivity contribution in [1.29, 1.82) is 0 Å². The molecule has 2 aromatic heterocycles. The molecule has 0 spiro atoms. The third-order valence-corrected chi connectivity index (χ3v) is 4.00. The van der Waals surface area contributed by atoms with Gasteiger partial charge < -0.3 is 14.9 Å². The summed E-state index contributed by atoms with van der Waals surface area (Å²) in [5.41, 5.74) is 2.97. The Morgan fingerprint density at radius 3 is 3.00 bits per heavy atom. The number of fused-ring (bicyclic) bond motifs is 1. The van der Waals surface area contributed by atoms with Crippen LogP contribution in [0.5, 0.6) is 0 Å². The number of rotatable bonds is 5. The van der Waals surface area contributed by atoms with Gasteiger partial charge in [-0.1, -0.05) is 17.7 Å². The molecule has 2 heterocycles. The largest absolute Gasteiger partial charge is 0.361 e. The summed E-state index contributed by atoms with van der Waals surface area (Å²) in [5, 5.41) is 1.73. The first kappa shape index (κ1) is 14.7. The number of aromatic amines is 2. The van der Waals surface area contributed by atoms with E-state index in [0.29, 0.717) is 18.0 Å². The lowest BCUT2D eigenvalue weighted by Crippen LogP contribution is -2.30. The molecule has 0 aliphatic carbocycles. The highest BCUT2D eigenvalue weighted by atomic mass is 35.5. The number of aromatic nitrogens is 3. The van der Waals surface area contributed by atoms with Crippen LogP contribution in [0.4, 0.5) is 0 Å². The highest BCUT2D eigenvalue weighted by Gasteiger charge is 2.13. The van der Waals surface area contributed by atoms with Crippen molar-refractivity contribution in [2.45, 2.75) is 12.8 Å². The molecule has 0 radical (unpaired) electrons. The van der Waals surface area contributed by atoms with Gasteiger partial charge in [0.1, 0.15) is 0 Å². The standard InChI is InChI=1S/C16H17ClN4O/c1-21(5-4-13-9-18-10-20-13)16(22)6-11-8-19-15-7-12(17)2-3-14(11)15/h2-3,7-10,19H,4-6H2,1H3,(H,18,20). The summed E-state index contributed by atoms with van der Waals surface area (Å²) in [7, 11) is 1.82. The van der Waals surface area contributed by atoms with Gasteiger partial charge in [-0.15, -0.1) is 0 Å². The molecule has 114 valence electrons. The van der Waals surface area contributed by atoms with E-state index in [9.17, 15) is 4.79 Å². The molecule has 22 heavy (non-hydrogen) atoms. The Morgan fingerprint density at radius 2 is 2.23 bits per heavy atom. The molecule has 0 aliphatic rings. The minimum Gasteiger partial charge on any atom is -0.361 e. The minimum absolute atomic E-state index is 0.0929. The lowest BCUT2D eigenvalue weighted by atomic mass is 10.1. The number of hydrogen-bond acceptors (Lipinski definition) is 2. The first-order valence-corrected chi connectivity index (χ1v) is 7.48. The first-order chi connectivity index (χ1) is 10.6. The van der Waals surface area contributed by atoms with Gasteiger partial charge in [0.25, 0.3) is 0 Å². The van der Waals surface area contributed by atoms with Crippen molar-refractivity contribution in [2.24, 2.45) is 0 Å². The maximum Gasteiger partial charge on any atom is 0.226 e. The van der Waals surface area contributed by atoms with Crippen LogP contribution in [0.3, 0.4) is 0 Å². The Bertz CT molecular complexity index is 779. The second kappa shape index (κ2) is 6.23. The summed E-state index contributed by atoms with van der Waals surface area (Å²) in [6.45, 7) is 0.662. The zero-order chi connectivity index (χ0) is 15.5. The molecule has 2 N–H and O–H groups in total. The van der Waals surface area contributed by atoms with Gasteiger partial charge in [-0.05, 0) is 17.7 Å². The number of likely N-dealkylation sites (N-methyl/N-ethyl adjacent to an activating group) is 1. The number of nitrogens with one attached hydrogen (secondary N) is 2. The highest BCUT2D eigenvalue weighted by Crippen LogP contribution is 2.22. The molecule has 5 nitrogen and oxygen atoms in total. The molecule has 0 saturated heterocycles. The Hall–Kier alpha value is -2.27. The van der Waals surface area contributed by atoms with Crippen LogP contribution < -0.4 is 0 Å². The molecule has 1 amide bonds. The average molecular weight is 317 g/mol. The highest BCUT2D eigenvalue weighted by molar-refractivity contribution is 6.31. The van der Waals surface area contributed by atoms with E-state index in [0.717, 1.165) is 28.6 Å². The Morgan fingerprint density at radius 1 is 1.36 bits per heavy atom. The molecule has 0 aliphatic heterocycles. The van der Waals surface area contributed by atoms with Crippen LogP contribution >= 0.6 is 11.6 Å². The third-order valence-electron chi connectivity index (χ3n) is 3.77. The number of imidazole rings is 1. The van der Waals surface area contributed by atoms with Crippen LogP contribution in [0.1, 0.15) is 11.3 Å². The molecule has 0 saturated carbocycles. The summed E-state index contributed by atoms with van der Waals surface area (Å²) in [6.07, 6.45) is 6.45. The van der Waals surface area contributed by atoms with E-state index in [1.165, 1.54) is 0 Å². The van der Waals surface area contributed by atoms with E-state index in [-0.39, 0.29) is 5.91 Å². The van der Waals surface area contributed by atoms with Crippen molar-refractivity contribution < 1.29 is 4.79 Å². The number of benzene rings is 1. The zero-order valence-electron chi connectivity index (χ0n) is 12.3. The quantitative estimate of drug-likeness (QED) is 0.760. The van der Waals surface area contributed by atoms with E-state index >= 15 is 0 Å². The van der Waals surface area contributed by atoms with E-state index < -0.39 is 0 Å². The molecule has 0 bridgehead atoms. The van der Waals surface area contributed by atoms with Gasteiger partial charge in [-0.2, -0.15) is 0 Å². The van der Waals surface area contributed by atoms with Gasteiger partial charge in [-0.25, -0.2) is 4.98 Å². The van der Waals surface area contributed by atoms with Crippen molar-refractivity contribution in [3.63, 3.8) is 0 Å².